The second-order valence-electron chi connectivity index (χ2n) is 4.52. The zero-order valence-electron chi connectivity index (χ0n) is 10.8. The molecule has 6 heteroatoms. The topological polar surface area (TPSA) is 35.2 Å². The van der Waals surface area contributed by atoms with Gasteiger partial charge < -0.3 is 10.5 Å². The van der Waals surface area contributed by atoms with Crippen molar-refractivity contribution < 1.29 is 17.9 Å². The minimum atomic E-state index is -4.36. The number of hydrogen-bond donors (Lipinski definition) is 1. The Bertz CT molecular complexity index is 423. The predicted octanol–water partition coefficient (Wildman–Crippen LogP) is 4.14. The summed E-state index contributed by atoms with van der Waals surface area (Å²) in [6, 6.07) is 3.08. The summed E-state index contributed by atoms with van der Waals surface area (Å²) in [5, 5.41) is 0. The van der Waals surface area contributed by atoms with Gasteiger partial charge in [-0.2, -0.15) is 13.2 Å². The summed E-state index contributed by atoms with van der Waals surface area (Å²) in [7, 11) is 1.58. The van der Waals surface area contributed by atoms with Crippen LogP contribution in [0.1, 0.15) is 30.5 Å². The van der Waals surface area contributed by atoms with Crippen LogP contribution in [0.25, 0.3) is 0 Å². The minimum Gasteiger partial charge on any atom is -0.385 e. The van der Waals surface area contributed by atoms with Gasteiger partial charge in [-0.15, -0.1) is 0 Å². The second-order valence-corrected chi connectivity index (χ2v) is 5.37. The summed E-state index contributed by atoms with van der Waals surface area (Å²) in [6.07, 6.45) is -3.66. The van der Waals surface area contributed by atoms with Crippen LogP contribution >= 0.6 is 15.9 Å². The van der Waals surface area contributed by atoms with E-state index >= 15 is 0 Å². The molecular formula is C13H17BrF3NO. The van der Waals surface area contributed by atoms with E-state index < -0.39 is 17.8 Å². The van der Waals surface area contributed by atoms with Crippen LogP contribution in [0.3, 0.4) is 0 Å². The van der Waals surface area contributed by atoms with E-state index in [4.69, 9.17) is 10.5 Å². The van der Waals surface area contributed by atoms with Gasteiger partial charge in [-0.1, -0.05) is 22.9 Å². The normalized spacial score (nSPS) is 15.3. The summed E-state index contributed by atoms with van der Waals surface area (Å²) in [5.41, 5.74) is 5.83. The summed E-state index contributed by atoms with van der Waals surface area (Å²) in [5.74, 6) is 0.0275. The first kappa shape index (κ1) is 16.5. The molecule has 2 N–H and O–H groups in total. The van der Waals surface area contributed by atoms with Crippen molar-refractivity contribution >= 4 is 15.9 Å². The molecule has 0 aliphatic heterocycles. The lowest BCUT2D eigenvalue weighted by atomic mass is 9.92. The molecule has 0 saturated heterocycles. The molecule has 0 fully saturated rings. The first-order valence-electron chi connectivity index (χ1n) is 5.88. The van der Waals surface area contributed by atoms with Crippen molar-refractivity contribution in [3.05, 3.63) is 33.8 Å². The van der Waals surface area contributed by atoms with Crippen molar-refractivity contribution in [1.82, 2.24) is 0 Å². The highest BCUT2D eigenvalue weighted by Gasteiger charge is 2.31. The van der Waals surface area contributed by atoms with E-state index in [1.807, 2.05) is 6.92 Å². The Morgan fingerprint density at radius 2 is 2.00 bits per heavy atom. The number of benzene rings is 1. The van der Waals surface area contributed by atoms with Crippen LogP contribution in [0.5, 0.6) is 0 Å². The predicted molar refractivity (Wildman–Crippen MR) is 71.7 cm³/mol. The molecule has 19 heavy (non-hydrogen) atoms. The van der Waals surface area contributed by atoms with Gasteiger partial charge in [-0.05, 0) is 36.1 Å². The van der Waals surface area contributed by atoms with E-state index in [0.29, 0.717) is 23.1 Å². The molecule has 1 rings (SSSR count). The first-order valence-corrected chi connectivity index (χ1v) is 6.67. The number of hydrogen-bond acceptors (Lipinski definition) is 2. The van der Waals surface area contributed by atoms with Crippen LogP contribution in [0, 0.1) is 5.92 Å². The summed E-state index contributed by atoms with van der Waals surface area (Å²) >= 11 is 3.26. The Kier molecular flexibility index (Phi) is 5.82. The summed E-state index contributed by atoms with van der Waals surface area (Å²) < 4.78 is 43.6. The van der Waals surface area contributed by atoms with E-state index in [0.717, 1.165) is 12.1 Å². The maximum atomic E-state index is 12.7. The second kappa shape index (κ2) is 6.72. The van der Waals surface area contributed by atoms with Crippen molar-refractivity contribution in [2.24, 2.45) is 11.7 Å². The van der Waals surface area contributed by atoms with Crippen molar-refractivity contribution in [1.29, 1.82) is 0 Å². The Morgan fingerprint density at radius 1 is 1.37 bits per heavy atom. The molecule has 0 aliphatic rings. The third kappa shape index (κ3) is 4.47. The van der Waals surface area contributed by atoms with E-state index in [-0.39, 0.29) is 5.92 Å². The van der Waals surface area contributed by atoms with Crippen LogP contribution in [0.4, 0.5) is 13.2 Å². The number of alkyl halides is 3. The van der Waals surface area contributed by atoms with Crippen LogP contribution in [0.2, 0.25) is 0 Å². The molecule has 0 aliphatic carbocycles. The molecule has 0 aromatic heterocycles. The number of rotatable bonds is 5. The lowest BCUT2D eigenvalue weighted by Crippen LogP contribution is -2.21. The number of halogens is 4. The van der Waals surface area contributed by atoms with E-state index in [1.54, 1.807) is 7.11 Å². The van der Waals surface area contributed by atoms with Gasteiger partial charge >= 0.3 is 6.18 Å². The smallest absolute Gasteiger partial charge is 0.385 e. The number of nitrogens with two attached hydrogens (primary N) is 1. The highest BCUT2D eigenvalue weighted by molar-refractivity contribution is 9.10. The molecule has 1 aromatic carbocycles. The Balaban J connectivity index is 2.98. The minimum absolute atomic E-state index is 0.0275. The molecule has 2 unspecified atom stereocenters. The molecule has 0 amide bonds. The largest absolute Gasteiger partial charge is 0.416 e. The fraction of sp³-hybridized carbons (Fsp3) is 0.538. The SMILES string of the molecule is COCCC(C)C(N)c1cc(C(F)(F)F)ccc1Br. The van der Waals surface area contributed by atoms with Crippen molar-refractivity contribution in [3.63, 3.8) is 0 Å². The molecular weight excluding hydrogens is 323 g/mol. The lowest BCUT2D eigenvalue weighted by Gasteiger charge is -2.22. The van der Waals surface area contributed by atoms with Crippen molar-refractivity contribution in [2.75, 3.05) is 13.7 Å². The van der Waals surface area contributed by atoms with Gasteiger partial charge in [0.05, 0.1) is 5.56 Å². The average Bonchev–Trinajstić information content (AvgIpc) is 2.34. The van der Waals surface area contributed by atoms with Crippen molar-refractivity contribution in [3.8, 4) is 0 Å². The zero-order chi connectivity index (χ0) is 14.6. The Labute approximate surface area is 119 Å². The lowest BCUT2D eigenvalue weighted by molar-refractivity contribution is -0.137. The molecule has 0 radical (unpaired) electrons. The molecule has 2 atom stereocenters. The maximum Gasteiger partial charge on any atom is 0.416 e. The van der Waals surface area contributed by atoms with E-state index in [9.17, 15) is 13.2 Å². The summed E-state index contributed by atoms with van der Waals surface area (Å²) in [6.45, 7) is 2.43. The van der Waals surface area contributed by atoms with Gasteiger partial charge in [0, 0.05) is 24.2 Å². The van der Waals surface area contributed by atoms with E-state index in [1.165, 1.54) is 6.07 Å². The van der Waals surface area contributed by atoms with Crippen LogP contribution < -0.4 is 5.73 Å². The highest BCUT2D eigenvalue weighted by atomic mass is 79.9. The quantitative estimate of drug-likeness (QED) is 0.874. The Morgan fingerprint density at radius 3 is 2.53 bits per heavy atom. The molecule has 0 spiro atoms. The molecule has 0 bridgehead atoms. The van der Waals surface area contributed by atoms with Gasteiger partial charge in [0.1, 0.15) is 0 Å². The fourth-order valence-corrected chi connectivity index (χ4v) is 2.28. The number of methoxy groups -OCH3 is 1. The third-order valence-electron chi connectivity index (χ3n) is 3.07. The fourth-order valence-electron chi connectivity index (χ4n) is 1.77. The molecule has 0 heterocycles. The standard InChI is InChI=1S/C13H17BrF3NO/c1-8(5-6-19-2)12(18)10-7-9(13(15,16)17)3-4-11(10)14/h3-4,7-8,12H,5-6,18H2,1-2H3. The number of ether oxygens (including phenoxy) is 1. The van der Waals surface area contributed by atoms with Gasteiger partial charge in [-0.25, -0.2) is 0 Å². The molecule has 2 nitrogen and oxygen atoms in total. The van der Waals surface area contributed by atoms with Gasteiger partial charge in [-0.3, -0.25) is 0 Å². The monoisotopic (exact) mass is 339 g/mol. The van der Waals surface area contributed by atoms with Crippen LogP contribution in [0.15, 0.2) is 22.7 Å². The highest BCUT2D eigenvalue weighted by Crippen LogP contribution is 2.35. The summed E-state index contributed by atoms with van der Waals surface area (Å²) in [4.78, 5) is 0. The molecule has 1 aromatic rings. The van der Waals surface area contributed by atoms with Crippen molar-refractivity contribution in [2.45, 2.75) is 25.6 Å². The average molecular weight is 340 g/mol. The molecule has 108 valence electrons. The maximum absolute atomic E-state index is 12.7. The Hall–Kier alpha value is -0.590. The van der Waals surface area contributed by atoms with Crippen LogP contribution in [-0.4, -0.2) is 13.7 Å². The van der Waals surface area contributed by atoms with Gasteiger partial charge in [0.15, 0.2) is 0 Å². The zero-order valence-corrected chi connectivity index (χ0v) is 12.4. The molecule has 0 saturated carbocycles. The third-order valence-corrected chi connectivity index (χ3v) is 3.79. The van der Waals surface area contributed by atoms with Crippen LogP contribution in [-0.2, 0) is 10.9 Å². The van der Waals surface area contributed by atoms with Gasteiger partial charge in [0.25, 0.3) is 0 Å². The van der Waals surface area contributed by atoms with Gasteiger partial charge in [0.2, 0.25) is 0 Å². The van der Waals surface area contributed by atoms with E-state index in [2.05, 4.69) is 15.9 Å². The first-order chi connectivity index (χ1) is 8.77.